The molecule has 1 aromatic heterocycles. The number of aliphatic hydroxyl groups excluding tert-OH is 1. The van der Waals surface area contributed by atoms with E-state index in [0.717, 1.165) is 0 Å². The lowest BCUT2D eigenvalue weighted by molar-refractivity contribution is -0.136. The van der Waals surface area contributed by atoms with Gasteiger partial charge in [-0.15, -0.1) is 0 Å². The Hall–Kier alpha value is -5.01. The molecule has 0 unspecified atom stereocenters. The van der Waals surface area contributed by atoms with Gasteiger partial charge >= 0.3 is 18.0 Å². The molecule has 2 aromatic carbocycles. The van der Waals surface area contributed by atoms with E-state index in [9.17, 15) is 19.5 Å². The topological polar surface area (TPSA) is 170 Å². The quantitative estimate of drug-likeness (QED) is 0.100. The van der Waals surface area contributed by atoms with Gasteiger partial charge in [0.1, 0.15) is 18.1 Å². The summed E-state index contributed by atoms with van der Waals surface area (Å²) < 4.78 is 26.8. The molecular weight excluding hydrogens is 596 g/mol. The van der Waals surface area contributed by atoms with E-state index < -0.39 is 30.2 Å². The van der Waals surface area contributed by atoms with E-state index in [-0.39, 0.29) is 22.8 Å². The number of carbonyl (C=O) groups excluding carboxylic acids is 3. The van der Waals surface area contributed by atoms with Crippen LogP contribution in [0, 0.1) is 0 Å². The Labute approximate surface area is 257 Å². The second-order valence-electron chi connectivity index (χ2n) is 9.30. The molecule has 0 saturated heterocycles. The number of benzene rings is 2. The van der Waals surface area contributed by atoms with Gasteiger partial charge in [-0.05, 0) is 55.8 Å². The van der Waals surface area contributed by atoms with Crippen molar-refractivity contribution >= 4 is 35.8 Å². The van der Waals surface area contributed by atoms with Crippen LogP contribution in [0.3, 0.4) is 0 Å². The standard InChI is InChI=1S/C30H31ClN4O9/c1-5-42-24-13-18(27-26(29(38)41-4)16(2)33-30(39)34-27)7-10-23(24)43-15-25(36)35-32-14-19-8-11-22(44-19)17-6-9-20(21(31)12-17)28(37)40-3/h6-14,25,27,35-36H,5,15H2,1-4H3,(H2,33,34,39)/b32-14-/t25-,27-/m1/s1. The summed E-state index contributed by atoms with van der Waals surface area (Å²) in [6.45, 7) is 3.53. The molecule has 0 bridgehead atoms. The van der Waals surface area contributed by atoms with Crippen molar-refractivity contribution in [3.8, 4) is 22.8 Å². The summed E-state index contributed by atoms with van der Waals surface area (Å²) in [6.07, 6.45) is 0.180. The number of urea groups is 1. The van der Waals surface area contributed by atoms with Crippen LogP contribution in [-0.4, -0.2) is 63.0 Å². The number of allylic oxidation sites excluding steroid dienone is 1. The van der Waals surface area contributed by atoms with Crippen molar-refractivity contribution in [2.75, 3.05) is 27.4 Å². The number of methoxy groups -OCH3 is 2. The second kappa shape index (κ2) is 14.4. The van der Waals surface area contributed by atoms with Crippen molar-refractivity contribution in [3.63, 3.8) is 0 Å². The Bertz CT molecular complexity index is 1600. The van der Waals surface area contributed by atoms with E-state index >= 15 is 0 Å². The highest BCUT2D eigenvalue weighted by molar-refractivity contribution is 6.33. The van der Waals surface area contributed by atoms with E-state index in [1.165, 1.54) is 20.4 Å². The van der Waals surface area contributed by atoms with Gasteiger partial charge in [-0.3, -0.25) is 5.43 Å². The van der Waals surface area contributed by atoms with Gasteiger partial charge in [0, 0.05) is 11.3 Å². The van der Waals surface area contributed by atoms with Crippen LogP contribution in [0.4, 0.5) is 4.79 Å². The Morgan fingerprint density at radius 2 is 1.86 bits per heavy atom. The number of furan rings is 1. The Morgan fingerprint density at radius 1 is 1.09 bits per heavy atom. The summed E-state index contributed by atoms with van der Waals surface area (Å²) >= 11 is 6.19. The maximum absolute atomic E-state index is 12.4. The number of ether oxygens (including phenoxy) is 4. The second-order valence-corrected chi connectivity index (χ2v) is 9.71. The smallest absolute Gasteiger partial charge is 0.339 e. The number of halogens is 1. The lowest BCUT2D eigenvalue weighted by Gasteiger charge is -2.28. The van der Waals surface area contributed by atoms with Crippen molar-refractivity contribution in [2.45, 2.75) is 26.1 Å². The molecule has 0 spiro atoms. The number of nitrogens with one attached hydrogen (secondary N) is 3. The molecule has 14 heteroatoms. The molecule has 2 atom stereocenters. The summed E-state index contributed by atoms with van der Waals surface area (Å²) in [5.74, 6) is 0.435. The molecule has 0 fully saturated rings. The van der Waals surface area contributed by atoms with E-state index in [4.69, 9.17) is 35.0 Å². The zero-order valence-electron chi connectivity index (χ0n) is 24.3. The summed E-state index contributed by atoms with van der Waals surface area (Å²) in [7, 11) is 2.54. The van der Waals surface area contributed by atoms with Crippen LogP contribution in [0.5, 0.6) is 11.5 Å². The van der Waals surface area contributed by atoms with Gasteiger partial charge < -0.3 is 39.1 Å². The van der Waals surface area contributed by atoms with E-state index in [1.807, 2.05) is 0 Å². The summed E-state index contributed by atoms with van der Waals surface area (Å²) in [4.78, 5) is 36.3. The van der Waals surface area contributed by atoms with Gasteiger partial charge in [0.2, 0.25) is 0 Å². The highest BCUT2D eigenvalue weighted by Gasteiger charge is 2.32. The van der Waals surface area contributed by atoms with Crippen molar-refractivity contribution in [3.05, 3.63) is 81.7 Å². The molecule has 3 aromatic rings. The predicted molar refractivity (Wildman–Crippen MR) is 159 cm³/mol. The van der Waals surface area contributed by atoms with Crippen LogP contribution >= 0.6 is 11.6 Å². The fraction of sp³-hybridized carbons (Fsp3) is 0.267. The number of carbonyl (C=O) groups is 3. The van der Waals surface area contributed by atoms with Crippen molar-refractivity contribution < 1.29 is 42.9 Å². The molecule has 2 heterocycles. The highest BCUT2D eigenvalue weighted by atomic mass is 35.5. The number of amides is 2. The molecule has 0 saturated carbocycles. The Balaban J connectivity index is 1.38. The third-order valence-electron chi connectivity index (χ3n) is 6.37. The molecule has 2 amide bonds. The number of hydrogen-bond donors (Lipinski definition) is 4. The SMILES string of the molecule is CCOc1cc([C@H]2NC(=O)NC(C)=C2C(=O)OC)ccc1OC[C@@H](O)N/N=C\c1ccc(-c2ccc(C(=O)OC)c(Cl)c2)o1. The maximum Gasteiger partial charge on any atom is 0.339 e. The van der Waals surface area contributed by atoms with Crippen molar-refractivity contribution in [2.24, 2.45) is 5.10 Å². The molecule has 4 rings (SSSR count). The average molecular weight is 627 g/mol. The first-order valence-corrected chi connectivity index (χ1v) is 13.7. The summed E-state index contributed by atoms with van der Waals surface area (Å²) in [5, 5.41) is 19.9. The lowest BCUT2D eigenvalue weighted by atomic mass is 9.95. The van der Waals surface area contributed by atoms with Crippen LogP contribution in [0.25, 0.3) is 11.3 Å². The van der Waals surface area contributed by atoms with Gasteiger partial charge in [0.15, 0.2) is 17.7 Å². The van der Waals surface area contributed by atoms with Crippen LogP contribution < -0.4 is 25.5 Å². The molecular formula is C30H31ClN4O9. The number of rotatable bonds is 12. The number of nitrogens with zero attached hydrogens (tertiary/aromatic N) is 1. The number of esters is 2. The van der Waals surface area contributed by atoms with Gasteiger partial charge in [0.05, 0.1) is 49.2 Å². The van der Waals surface area contributed by atoms with E-state index in [1.54, 1.807) is 62.4 Å². The van der Waals surface area contributed by atoms with Crippen molar-refractivity contribution in [1.29, 1.82) is 0 Å². The highest BCUT2D eigenvalue weighted by Crippen LogP contribution is 2.35. The fourth-order valence-electron chi connectivity index (χ4n) is 4.33. The molecule has 13 nitrogen and oxygen atoms in total. The number of hydrogen-bond acceptors (Lipinski definition) is 11. The van der Waals surface area contributed by atoms with Gasteiger partial charge in [0.25, 0.3) is 0 Å². The van der Waals surface area contributed by atoms with Crippen molar-refractivity contribution in [1.82, 2.24) is 16.1 Å². The normalized spacial score (nSPS) is 15.3. The molecule has 1 aliphatic heterocycles. The number of aliphatic hydroxyl groups is 1. The van der Waals surface area contributed by atoms with Gasteiger partial charge in [-0.25, -0.2) is 14.4 Å². The molecule has 4 N–H and O–H groups in total. The van der Waals surface area contributed by atoms with Crippen LogP contribution in [-0.2, 0) is 14.3 Å². The molecule has 0 radical (unpaired) electrons. The van der Waals surface area contributed by atoms with Gasteiger partial charge in [-0.2, -0.15) is 5.10 Å². The predicted octanol–water partition coefficient (Wildman–Crippen LogP) is 3.91. The minimum Gasteiger partial charge on any atom is -0.490 e. The Kier molecular flexibility index (Phi) is 10.5. The largest absolute Gasteiger partial charge is 0.490 e. The summed E-state index contributed by atoms with van der Waals surface area (Å²) in [5.41, 5.74) is 4.64. The van der Waals surface area contributed by atoms with Crippen LogP contribution in [0.2, 0.25) is 5.02 Å². The first-order valence-electron chi connectivity index (χ1n) is 13.4. The third-order valence-corrected chi connectivity index (χ3v) is 6.69. The molecule has 1 aliphatic rings. The van der Waals surface area contributed by atoms with Gasteiger partial charge in [-0.1, -0.05) is 23.7 Å². The minimum atomic E-state index is -1.19. The van der Waals surface area contributed by atoms with E-state index in [2.05, 4.69) is 21.2 Å². The third kappa shape index (κ3) is 7.49. The molecule has 0 aliphatic carbocycles. The first kappa shape index (κ1) is 31.9. The number of hydrazone groups is 1. The summed E-state index contributed by atoms with van der Waals surface area (Å²) in [6, 6.07) is 11.9. The van der Waals surface area contributed by atoms with Crippen LogP contribution in [0.15, 0.2) is 69.3 Å². The Morgan fingerprint density at radius 3 is 2.57 bits per heavy atom. The minimum absolute atomic E-state index is 0.193. The zero-order chi connectivity index (χ0) is 31.8. The maximum atomic E-state index is 12.4. The van der Waals surface area contributed by atoms with Crippen LogP contribution in [0.1, 0.15) is 41.6 Å². The molecule has 44 heavy (non-hydrogen) atoms. The lowest BCUT2D eigenvalue weighted by Crippen LogP contribution is -2.45. The zero-order valence-corrected chi connectivity index (χ0v) is 25.1. The monoisotopic (exact) mass is 626 g/mol. The fourth-order valence-corrected chi connectivity index (χ4v) is 4.59. The average Bonchev–Trinajstić information content (AvgIpc) is 3.48. The van der Waals surface area contributed by atoms with E-state index in [0.29, 0.717) is 46.5 Å². The first-order chi connectivity index (χ1) is 21.1. The molecule has 232 valence electrons.